The van der Waals surface area contributed by atoms with Crippen LogP contribution < -0.4 is 10.1 Å². The number of anilines is 1. The van der Waals surface area contributed by atoms with Gasteiger partial charge in [0.1, 0.15) is 10.8 Å². The minimum absolute atomic E-state index is 0.138. The van der Waals surface area contributed by atoms with E-state index in [1.165, 1.54) is 22.7 Å². The second-order valence-electron chi connectivity index (χ2n) is 6.11. The van der Waals surface area contributed by atoms with Crippen LogP contribution in [0, 0.1) is 0 Å². The number of hydrogen-bond acceptors (Lipinski definition) is 7. The molecule has 0 bridgehead atoms. The maximum Gasteiger partial charge on any atom is 0.232 e. The SMILES string of the molecule is CCOc1ccc(-c2csc(NC(=O)Cc3csc(-c4cccnc4)n3)n2)cc1. The number of nitrogens with zero attached hydrogens (tertiary/aromatic N) is 3. The van der Waals surface area contributed by atoms with E-state index in [0.29, 0.717) is 11.7 Å². The highest BCUT2D eigenvalue weighted by molar-refractivity contribution is 7.14. The van der Waals surface area contributed by atoms with Gasteiger partial charge in [0.2, 0.25) is 5.91 Å². The van der Waals surface area contributed by atoms with Crippen LogP contribution >= 0.6 is 22.7 Å². The number of pyridine rings is 1. The number of hydrogen-bond donors (Lipinski definition) is 1. The molecule has 0 radical (unpaired) electrons. The normalized spacial score (nSPS) is 10.7. The molecule has 146 valence electrons. The Labute approximate surface area is 176 Å². The lowest BCUT2D eigenvalue weighted by atomic mass is 10.2. The lowest BCUT2D eigenvalue weighted by Crippen LogP contribution is -2.14. The molecule has 3 heterocycles. The molecule has 1 aromatic carbocycles. The van der Waals surface area contributed by atoms with Crippen LogP contribution in [0.1, 0.15) is 12.6 Å². The largest absolute Gasteiger partial charge is 0.494 e. The zero-order valence-corrected chi connectivity index (χ0v) is 17.3. The number of ether oxygens (including phenoxy) is 1. The molecule has 0 aliphatic rings. The summed E-state index contributed by atoms with van der Waals surface area (Å²) in [5.41, 5.74) is 3.48. The lowest BCUT2D eigenvalue weighted by Gasteiger charge is -2.03. The van der Waals surface area contributed by atoms with E-state index in [2.05, 4.69) is 20.3 Å². The molecule has 4 rings (SSSR count). The number of amides is 1. The van der Waals surface area contributed by atoms with Gasteiger partial charge in [0.15, 0.2) is 5.13 Å². The summed E-state index contributed by atoms with van der Waals surface area (Å²) in [5.74, 6) is 0.689. The van der Waals surface area contributed by atoms with Gasteiger partial charge in [-0.1, -0.05) is 0 Å². The van der Waals surface area contributed by atoms with Crippen molar-refractivity contribution >= 4 is 33.7 Å². The van der Waals surface area contributed by atoms with Crippen LogP contribution in [0.3, 0.4) is 0 Å². The number of thiazole rings is 2. The zero-order valence-electron chi connectivity index (χ0n) is 15.7. The van der Waals surface area contributed by atoms with Crippen LogP contribution in [0.4, 0.5) is 5.13 Å². The fourth-order valence-electron chi connectivity index (χ4n) is 2.69. The van der Waals surface area contributed by atoms with Crippen molar-refractivity contribution in [3.8, 4) is 27.6 Å². The molecule has 0 saturated carbocycles. The number of carbonyl (C=O) groups excluding carboxylic acids is 1. The molecule has 0 spiro atoms. The van der Waals surface area contributed by atoms with Crippen LogP contribution in [0.25, 0.3) is 21.8 Å². The molecule has 0 fully saturated rings. The number of benzene rings is 1. The average molecular weight is 423 g/mol. The van der Waals surface area contributed by atoms with Crippen molar-refractivity contribution in [3.05, 3.63) is 65.2 Å². The number of nitrogens with one attached hydrogen (secondary N) is 1. The standard InChI is InChI=1S/C21H18N4O2S2/c1-2-27-17-7-5-14(6-8-17)18-13-29-21(24-18)25-19(26)10-16-12-28-20(23-16)15-4-3-9-22-11-15/h3-9,11-13H,2,10H2,1H3,(H,24,25,26). The summed E-state index contributed by atoms with van der Waals surface area (Å²) in [7, 11) is 0. The summed E-state index contributed by atoms with van der Waals surface area (Å²) in [6.45, 7) is 2.59. The second kappa shape index (κ2) is 8.93. The summed E-state index contributed by atoms with van der Waals surface area (Å²) in [6, 6.07) is 11.6. The van der Waals surface area contributed by atoms with Gasteiger partial charge in [0.05, 0.1) is 24.4 Å². The van der Waals surface area contributed by atoms with Crippen molar-refractivity contribution in [2.75, 3.05) is 11.9 Å². The number of aromatic nitrogens is 3. The zero-order chi connectivity index (χ0) is 20.1. The average Bonchev–Trinajstić information content (AvgIpc) is 3.39. The van der Waals surface area contributed by atoms with Gasteiger partial charge in [-0.3, -0.25) is 9.78 Å². The maximum atomic E-state index is 12.4. The molecule has 0 saturated heterocycles. The quantitative estimate of drug-likeness (QED) is 0.458. The number of rotatable bonds is 7. The molecule has 1 N–H and O–H groups in total. The third-order valence-electron chi connectivity index (χ3n) is 4.01. The third kappa shape index (κ3) is 4.85. The van der Waals surface area contributed by atoms with Crippen molar-refractivity contribution in [2.24, 2.45) is 0 Å². The molecule has 29 heavy (non-hydrogen) atoms. The summed E-state index contributed by atoms with van der Waals surface area (Å²) < 4.78 is 5.46. The fraction of sp³-hybridized carbons (Fsp3) is 0.143. The second-order valence-corrected chi connectivity index (χ2v) is 7.82. The van der Waals surface area contributed by atoms with Gasteiger partial charge in [-0.05, 0) is 43.3 Å². The molecule has 8 heteroatoms. The van der Waals surface area contributed by atoms with Gasteiger partial charge in [-0.15, -0.1) is 22.7 Å². The van der Waals surface area contributed by atoms with E-state index < -0.39 is 0 Å². The predicted molar refractivity (Wildman–Crippen MR) is 116 cm³/mol. The van der Waals surface area contributed by atoms with Crippen LogP contribution in [0.15, 0.2) is 59.6 Å². The van der Waals surface area contributed by atoms with Gasteiger partial charge in [-0.2, -0.15) is 0 Å². The molecule has 1 amide bonds. The summed E-state index contributed by atoms with van der Waals surface area (Å²) >= 11 is 2.90. The van der Waals surface area contributed by atoms with Crippen molar-refractivity contribution in [1.29, 1.82) is 0 Å². The minimum atomic E-state index is -0.138. The molecule has 0 atom stereocenters. The minimum Gasteiger partial charge on any atom is -0.494 e. The maximum absolute atomic E-state index is 12.4. The third-order valence-corrected chi connectivity index (χ3v) is 5.71. The highest BCUT2D eigenvalue weighted by atomic mass is 32.1. The Morgan fingerprint density at radius 3 is 2.69 bits per heavy atom. The Bertz CT molecular complexity index is 1090. The molecule has 0 aliphatic heterocycles. The Kier molecular flexibility index (Phi) is 5.92. The molecule has 6 nitrogen and oxygen atoms in total. The monoisotopic (exact) mass is 422 g/mol. The Morgan fingerprint density at radius 1 is 1.07 bits per heavy atom. The van der Waals surface area contributed by atoms with Crippen LogP contribution in [0.5, 0.6) is 5.75 Å². The Balaban J connectivity index is 1.37. The highest BCUT2D eigenvalue weighted by Gasteiger charge is 2.12. The molecule has 3 aromatic heterocycles. The topological polar surface area (TPSA) is 77.0 Å². The van der Waals surface area contributed by atoms with Crippen LogP contribution in [-0.4, -0.2) is 27.5 Å². The highest BCUT2D eigenvalue weighted by Crippen LogP contribution is 2.27. The molecule has 0 aliphatic carbocycles. The Morgan fingerprint density at radius 2 is 1.93 bits per heavy atom. The van der Waals surface area contributed by atoms with Crippen molar-refractivity contribution < 1.29 is 9.53 Å². The van der Waals surface area contributed by atoms with Crippen LogP contribution in [0.2, 0.25) is 0 Å². The first-order chi connectivity index (χ1) is 14.2. The first-order valence-electron chi connectivity index (χ1n) is 9.04. The van der Waals surface area contributed by atoms with E-state index in [0.717, 1.165) is 33.3 Å². The van der Waals surface area contributed by atoms with Crippen molar-refractivity contribution in [1.82, 2.24) is 15.0 Å². The van der Waals surface area contributed by atoms with Gasteiger partial charge in [-0.25, -0.2) is 9.97 Å². The first kappa shape index (κ1) is 19.2. The molecule has 4 aromatic rings. The summed E-state index contributed by atoms with van der Waals surface area (Å²) in [4.78, 5) is 25.5. The predicted octanol–water partition coefficient (Wildman–Crippen LogP) is 4.91. The van der Waals surface area contributed by atoms with Crippen LogP contribution in [-0.2, 0) is 11.2 Å². The lowest BCUT2D eigenvalue weighted by molar-refractivity contribution is -0.115. The van der Waals surface area contributed by atoms with E-state index >= 15 is 0 Å². The van der Waals surface area contributed by atoms with Gasteiger partial charge in [0, 0.05) is 34.3 Å². The van der Waals surface area contributed by atoms with E-state index in [4.69, 9.17) is 4.74 Å². The van der Waals surface area contributed by atoms with E-state index in [9.17, 15) is 4.79 Å². The van der Waals surface area contributed by atoms with Gasteiger partial charge < -0.3 is 10.1 Å². The first-order valence-corrected chi connectivity index (χ1v) is 10.8. The van der Waals surface area contributed by atoms with E-state index in [1.807, 2.05) is 54.1 Å². The fourth-order valence-corrected chi connectivity index (χ4v) is 4.24. The van der Waals surface area contributed by atoms with E-state index in [-0.39, 0.29) is 12.3 Å². The van der Waals surface area contributed by atoms with Gasteiger partial charge >= 0.3 is 0 Å². The van der Waals surface area contributed by atoms with Crippen molar-refractivity contribution in [2.45, 2.75) is 13.3 Å². The summed E-state index contributed by atoms with van der Waals surface area (Å²) in [6.07, 6.45) is 3.69. The summed E-state index contributed by atoms with van der Waals surface area (Å²) in [5, 5.41) is 8.11. The smallest absolute Gasteiger partial charge is 0.232 e. The molecular formula is C21H18N4O2S2. The molecule has 0 unspecified atom stereocenters. The number of carbonyl (C=O) groups is 1. The van der Waals surface area contributed by atoms with Crippen molar-refractivity contribution in [3.63, 3.8) is 0 Å². The van der Waals surface area contributed by atoms with E-state index in [1.54, 1.807) is 12.4 Å². The van der Waals surface area contributed by atoms with Gasteiger partial charge in [0.25, 0.3) is 0 Å². The molecular weight excluding hydrogens is 404 g/mol. The Hall–Kier alpha value is -3.10.